The standard InChI is InChI=1S/C8H16NO.Pb/c1-5-9-8(3,4)6-7(2)10;/h9H,1,5-6H2,2-4H3;. The number of hydrogen-bond donors (Lipinski definition) is 1. The Hall–Kier alpha value is 0.552. The van der Waals surface area contributed by atoms with Crippen molar-refractivity contribution >= 4 is 31.6 Å². The normalized spacial score (nSPS) is 11.6. The van der Waals surface area contributed by atoms with Gasteiger partial charge in [-0.3, -0.25) is 0 Å². The van der Waals surface area contributed by atoms with Gasteiger partial charge in [0.25, 0.3) is 0 Å². The topological polar surface area (TPSA) is 29.1 Å². The summed E-state index contributed by atoms with van der Waals surface area (Å²) in [7, 11) is 0. The number of ketones is 1. The molecule has 63 valence electrons. The van der Waals surface area contributed by atoms with Crippen LogP contribution in [0.2, 0.25) is 3.98 Å². The van der Waals surface area contributed by atoms with E-state index in [4.69, 9.17) is 0 Å². The minimum absolute atomic E-state index is 0.00373. The van der Waals surface area contributed by atoms with Crippen LogP contribution < -0.4 is 5.32 Å². The fraction of sp³-hybridized carbons (Fsp3) is 0.875. The molecule has 0 aromatic rings. The molecule has 0 fully saturated rings. The van der Waals surface area contributed by atoms with Crippen LogP contribution >= 0.6 is 0 Å². The molecule has 0 amide bonds. The number of nitrogens with one attached hydrogen (secondary N) is 1. The van der Waals surface area contributed by atoms with Crippen LogP contribution in [0.3, 0.4) is 0 Å². The zero-order valence-electron chi connectivity index (χ0n) is 7.53. The molecule has 0 unspecified atom stereocenters. The van der Waals surface area contributed by atoms with Gasteiger partial charge in [0.2, 0.25) is 0 Å². The van der Waals surface area contributed by atoms with Crippen molar-refractivity contribution in [2.75, 3.05) is 6.54 Å². The molecular weight excluding hydrogens is 333 g/mol. The molecule has 0 rings (SSSR count). The summed E-state index contributed by atoms with van der Waals surface area (Å²) in [6.45, 7) is 6.84. The Balaban J connectivity index is 3.70. The van der Waals surface area contributed by atoms with E-state index in [1.165, 1.54) is 29.7 Å². The monoisotopic (exact) mass is 350 g/mol. The second-order valence-corrected chi connectivity index (χ2v) is 5.38. The number of carbonyl (C=O) groups excluding carboxylic acids is 1. The van der Waals surface area contributed by atoms with Gasteiger partial charge >= 0.3 is 84.9 Å². The van der Waals surface area contributed by atoms with Gasteiger partial charge in [-0.05, 0) is 0 Å². The van der Waals surface area contributed by atoms with Crippen molar-refractivity contribution in [2.24, 2.45) is 0 Å². The van der Waals surface area contributed by atoms with Gasteiger partial charge in [-0.15, -0.1) is 0 Å². The number of carbonyl (C=O) groups is 1. The van der Waals surface area contributed by atoms with Crippen LogP contribution in [-0.4, -0.2) is 43.6 Å². The summed E-state index contributed by atoms with van der Waals surface area (Å²) in [6, 6.07) is 0. The Bertz CT molecular complexity index is 134. The Morgan fingerprint density at radius 1 is 1.55 bits per heavy atom. The predicted molar refractivity (Wildman–Crippen MR) is 47.9 cm³/mol. The molecule has 0 aliphatic rings. The third kappa shape index (κ3) is 6.93. The van der Waals surface area contributed by atoms with Gasteiger partial charge in [-0.2, -0.15) is 0 Å². The minimum atomic E-state index is -0.00373. The van der Waals surface area contributed by atoms with E-state index < -0.39 is 0 Å². The number of hydrogen-bond acceptors (Lipinski definition) is 2. The summed E-state index contributed by atoms with van der Waals surface area (Å²) in [5.74, 6) is 0.260. The summed E-state index contributed by atoms with van der Waals surface area (Å²) in [6.07, 6.45) is 0.633. The fourth-order valence-corrected chi connectivity index (χ4v) is 1.57. The number of rotatable bonds is 5. The van der Waals surface area contributed by atoms with Gasteiger partial charge < -0.3 is 0 Å². The van der Waals surface area contributed by atoms with Gasteiger partial charge in [0.15, 0.2) is 0 Å². The molecule has 0 bridgehead atoms. The molecule has 2 nitrogen and oxygen atoms in total. The Kier molecular flexibility index (Phi) is 5.51. The van der Waals surface area contributed by atoms with E-state index in [1.807, 2.05) is 0 Å². The molecule has 0 aliphatic heterocycles. The molecule has 0 heterocycles. The average molecular weight is 349 g/mol. The maximum absolute atomic E-state index is 10.8. The first-order chi connectivity index (χ1) is 4.98. The van der Waals surface area contributed by atoms with Gasteiger partial charge in [0.1, 0.15) is 0 Å². The van der Waals surface area contributed by atoms with Crippen molar-refractivity contribution < 1.29 is 4.79 Å². The van der Waals surface area contributed by atoms with Crippen LogP contribution in [0.15, 0.2) is 0 Å². The van der Waals surface area contributed by atoms with E-state index in [2.05, 4.69) is 19.2 Å². The molecule has 0 saturated carbocycles. The molecule has 0 aliphatic carbocycles. The summed E-state index contributed by atoms with van der Waals surface area (Å²) in [4.78, 5) is 10.8. The molecular formula is C8H16NOPb. The van der Waals surface area contributed by atoms with Crippen molar-refractivity contribution in [2.45, 2.75) is 36.7 Å². The molecule has 3 radical (unpaired) electrons. The maximum atomic E-state index is 10.8. The molecule has 0 aromatic carbocycles. The third-order valence-corrected chi connectivity index (χ3v) is 2.39. The average Bonchev–Trinajstić information content (AvgIpc) is 1.81. The molecule has 0 aromatic heterocycles. The van der Waals surface area contributed by atoms with Crippen molar-refractivity contribution in [3.8, 4) is 0 Å². The molecule has 3 heteroatoms. The molecule has 1 N–H and O–H groups in total. The molecule has 11 heavy (non-hydrogen) atoms. The van der Waals surface area contributed by atoms with E-state index in [-0.39, 0.29) is 11.3 Å². The van der Waals surface area contributed by atoms with E-state index in [9.17, 15) is 4.79 Å². The summed E-state index contributed by atoms with van der Waals surface area (Å²) in [5, 5.41) is 3.35. The Morgan fingerprint density at radius 3 is 2.45 bits per heavy atom. The Morgan fingerprint density at radius 2 is 2.09 bits per heavy atom. The first kappa shape index (κ1) is 11.6. The quantitative estimate of drug-likeness (QED) is 0.748. The second kappa shape index (κ2) is 5.24. The van der Waals surface area contributed by atoms with Crippen LogP contribution in [0.1, 0.15) is 27.2 Å². The van der Waals surface area contributed by atoms with Gasteiger partial charge in [-0.1, -0.05) is 0 Å². The van der Waals surface area contributed by atoms with E-state index >= 15 is 0 Å². The molecule has 0 atom stereocenters. The van der Waals surface area contributed by atoms with E-state index in [1.54, 1.807) is 6.92 Å². The predicted octanol–water partition coefficient (Wildman–Crippen LogP) is 0.920. The van der Waals surface area contributed by atoms with Gasteiger partial charge in [0, 0.05) is 0 Å². The van der Waals surface area contributed by atoms with E-state index in [0.717, 1.165) is 6.54 Å². The van der Waals surface area contributed by atoms with Crippen LogP contribution in [0.25, 0.3) is 0 Å². The van der Waals surface area contributed by atoms with Crippen molar-refractivity contribution in [1.82, 2.24) is 5.32 Å². The molecule has 0 spiro atoms. The second-order valence-electron chi connectivity index (χ2n) is 3.44. The van der Waals surface area contributed by atoms with Crippen LogP contribution in [0, 0.1) is 0 Å². The first-order valence-electron chi connectivity index (χ1n) is 3.87. The third-order valence-electron chi connectivity index (χ3n) is 1.42. The zero-order valence-corrected chi connectivity index (χ0v) is 11.4. The first-order valence-corrected chi connectivity index (χ1v) is 6.62. The van der Waals surface area contributed by atoms with Crippen molar-refractivity contribution in [3.05, 3.63) is 0 Å². The van der Waals surface area contributed by atoms with Crippen LogP contribution in [0.4, 0.5) is 0 Å². The fourth-order valence-electron chi connectivity index (χ4n) is 1.09. The summed E-state index contributed by atoms with van der Waals surface area (Å²) in [5.41, 5.74) is -0.00373. The number of Topliss-reactive ketones (excluding diaryl/α,β-unsaturated/α-hetero) is 1. The van der Waals surface area contributed by atoms with Crippen LogP contribution in [0.5, 0.6) is 0 Å². The van der Waals surface area contributed by atoms with Gasteiger partial charge in [-0.25, -0.2) is 0 Å². The van der Waals surface area contributed by atoms with Gasteiger partial charge in [0.05, 0.1) is 0 Å². The van der Waals surface area contributed by atoms with Crippen LogP contribution in [-0.2, 0) is 4.79 Å². The zero-order chi connectivity index (χ0) is 8.91. The van der Waals surface area contributed by atoms with E-state index in [0.29, 0.717) is 6.42 Å². The summed E-state index contributed by atoms with van der Waals surface area (Å²) >= 11 is 1.23. The SMILES string of the molecule is CC(=O)CC(C)(C)NC[CH2][Pb]. The Labute approximate surface area is 84.8 Å². The molecule has 0 saturated heterocycles. The summed E-state index contributed by atoms with van der Waals surface area (Å²) < 4.78 is 1.25. The van der Waals surface area contributed by atoms with Crippen molar-refractivity contribution in [3.63, 3.8) is 0 Å². The van der Waals surface area contributed by atoms with Crippen molar-refractivity contribution in [1.29, 1.82) is 0 Å².